The van der Waals surface area contributed by atoms with Crippen LogP contribution in [0, 0.1) is 0 Å². The maximum absolute atomic E-state index is 12.0. The van der Waals surface area contributed by atoms with Crippen LogP contribution < -0.4 is 0 Å². The maximum Gasteiger partial charge on any atom is 0.254 e. The molecule has 1 aromatic carbocycles. The third-order valence-corrected chi connectivity index (χ3v) is 4.30. The van der Waals surface area contributed by atoms with Gasteiger partial charge in [-0.25, -0.2) is 8.42 Å². The fraction of sp³-hybridized carbons (Fsp3) is 0.417. The van der Waals surface area contributed by atoms with Gasteiger partial charge in [0.2, 0.25) is 0 Å². The first kappa shape index (κ1) is 14.5. The van der Waals surface area contributed by atoms with Crippen molar-refractivity contribution in [2.45, 2.75) is 19.4 Å². The highest BCUT2D eigenvalue weighted by atomic mass is 79.9. The second-order valence-electron chi connectivity index (χ2n) is 4.50. The molecule has 5 nitrogen and oxygen atoms in total. The lowest BCUT2D eigenvalue weighted by Crippen LogP contribution is -2.25. The number of amides is 1. The van der Waals surface area contributed by atoms with Crippen molar-refractivity contribution in [3.05, 3.63) is 33.8 Å². The number of nitrogens with zero attached hydrogens (tertiary/aromatic N) is 1. The largest absolute Gasteiger partial charge is 0.748 e. The van der Waals surface area contributed by atoms with Gasteiger partial charge >= 0.3 is 0 Å². The summed E-state index contributed by atoms with van der Waals surface area (Å²) in [6, 6.07) is 5.52. The summed E-state index contributed by atoms with van der Waals surface area (Å²) in [5.41, 5.74) is 1.66. The quantitative estimate of drug-likeness (QED) is 0.600. The number of carbonyl (C=O) groups is 1. The molecule has 0 saturated heterocycles. The summed E-state index contributed by atoms with van der Waals surface area (Å²) < 4.78 is 32.3. The summed E-state index contributed by atoms with van der Waals surface area (Å²) in [5.74, 6) is -0.402. The Kier molecular flexibility index (Phi) is 4.27. The van der Waals surface area contributed by atoms with E-state index in [0.717, 1.165) is 10.0 Å². The van der Waals surface area contributed by atoms with Gasteiger partial charge in [-0.05, 0) is 36.6 Å². The van der Waals surface area contributed by atoms with Crippen molar-refractivity contribution in [2.75, 3.05) is 12.3 Å². The van der Waals surface area contributed by atoms with Gasteiger partial charge in [0, 0.05) is 28.9 Å². The fourth-order valence-corrected chi connectivity index (χ4v) is 3.08. The van der Waals surface area contributed by atoms with Gasteiger partial charge in [-0.2, -0.15) is 0 Å². The first-order chi connectivity index (χ1) is 8.87. The minimum atomic E-state index is -4.15. The van der Waals surface area contributed by atoms with Gasteiger partial charge in [0.1, 0.15) is 0 Å². The lowest BCUT2D eigenvalue weighted by Gasteiger charge is -2.15. The van der Waals surface area contributed by atoms with Crippen LogP contribution >= 0.6 is 15.9 Å². The minimum absolute atomic E-state index is 0.0347. The van der Waals surface area contributed by atoms with Crippen molar-refractivity contribution < 1.29 is 17.8 Å². The number of hydrogen-bond donors (Lipinski definition) is 0. The first-order valence-corrected chi connectivity index (χ1v) is 8.25. The van der Waals surface area contributed by atoms with E-state index >= 15 is 0 Å². The van der Waals surface area contributed by atoms with Crippen LogP contribution in [-0.4, -0.2) is 36.1 Å². The van der Waals surface area contributed by atoms with Gasteiger partial charge in [-0.1, -0.05) is 15.9 Å². The molecular weight excluding hydrogens is 334 g/mol. The molecule has 0 aliphatic carbocycles. The molecule has 0 bridgehead atoms. The van der Waals surface area contributed by atoms with Crippen LogP contribution in [0.1, 0.15) is 28.8 Å². The summed E-state index contributed by atoms with van der Waals surface area (Å²) in [7, 11) is -4.15. The smallest absolute Gasteiger partial charge is 0.254 e. The van der Waals surface area contributed by atoms with Crippen LogP contribution in [0.2, 0.25) is 0 Å². The first-order valence-electron chi connectivity index (χ1n) is 5.88. The number of unbranched alkanes of at least 4 members (excludes halogenated alkanes) is 1. The van der Waals surface area contributed by atoms with Gasteiger partial charge in [-0.3, -0.25) is 4.79 Å². The molecule has 0 radical (unpaired) electrons. The van der Waals surface area contributed by atoms with Crippen LogP contribution in [0.3, 0.4) is 0 Å². The molecule has 0 saturated carbocycles. The Morgan fingerprint density at radius 1 is 1.32 bits per heavy atom. The zero-order valence-electron chi connectivity index (χ0n) is 10.1. The standard InChI is InChI=1S/C12H14BrNO4S/c13-10-3-4-11-9(7-10)8-14(12(11)15)5-1-2-6-19(16,17)18/h3-4,7H,1-2,5-6,8H2,(H,16,17,18)/p-1. The number of benzene rings is 1. The van der Waals surface area contributed by atoms with Gasteiger partial charge < -0.3 is 9.45 Å². The molecule has 1 aliphatic heterocycles. The molecule has 1 aromatic rings. The molecule has 1 heterocycles. The van der Waals surface area contributed by atoms with Crippen LogP contribution in [0.25, 0.3) is 0 Å². The van der Waals surface area contributed by atoms with Crippen molar-refractivity contribution >= 4 is 32.0 Å². The minimum Gasteiger partial charge on any atom is -0.748 e. The van der Waals surface area contributed by atoms with E-state index < -0.39 is 10.1 Å². The highest BCUT2D eigenvalue weighted by Gasteiger charge is 2.26. The number of halogens is 1. The SMILES string of the molecule is O=C1c2ccc(Br)cc2CN1CCCCS(=O)(=O)[O-]. The van der Waals surface area contributed by atoms with Crippen LogP contribution in [0.4, 0.5) is 0 Å². The summed E-state index contributed by atoms with van der Waals surface area (Å²) in [4.78, 5) is 13.7. The molecular formula is C12H13BrNO4S-. The van der Waals surface area contributed by atoms with Crippen molar-refractivity contribution in [1.29, 1.82) is 0 Å². The molecule has 0 spiro atoms. The van der Waals surface area contributed by atoms with Crippen molar-refractivity contribution in [2.24, 2.45) is 0 Å². The lowest BCUT2D eigenvalue weighted by atomic mass is 10.1. The number of fused-ring (bicyclic) bond motifs is 1. The van der Waals surface area contributed by atoms with Crippen molar-refractivity contribution in [3.63, 3.8) is 0 Å². The molecule has 2 rings (SSSR count). The molecule has 1 aliphatic rings. The van der Waals surface area contributed by atoms with Crippen LogP contribution in [0.5, 0.6) is 0 Å². The van der Waals surface area contributed by atoms with Gasteiger partial charge in [-0.15, -0.1) is 0 Å². The van der Waals surface area contributed by atoms with E-state index in [9.17, 15) is 17.8 Å². The zero-order valence-corrected chi connectivity index (χ0v) is 12.5. The molecule has 0 aromatic heterocycles. The van der Waals surface area contributed by atoms with Crippen LogP contribution in [-0.2, 0) is 16.7 Å². The topological polar surface area (TPSA) is 77.5 Å². The third-order valence-electron chi connectivity index (χ3n) is 3.02. The predicted molar refractivity (Wildman–Crippen MR) is 72.7 cm³/mol. The Morgan fingerprint density at radius 2 is 2.05 bits per heavy atom. The molecule has 0 atom stereocenters. The Balaban J connectivity index is 1.90. The summed E-state index contributed by atoms with van der Waals surface area (Å²) in [5, 5.41) is 0. The average Bonchev–Trinajstić information content (AvgIpc) is 2.60. The molecule has 104 valence electrons. The van der Waals surface area contributed by atoms with Crippen molar-refractivity contribution in [3.8, 4) is 0 Å². The maximum atomic E-state index is 12.0. The summed E-state index contributed by atoms with van der Waals surface area (Å²) in [6.07, 6.45) is 0.804. The Hall–Kier alpha value is -0.920. The third kappa shape index (κ3) is 3.77. The Labute approximate surface area is 120 Å². The zero-order chi connectivity index (χ0) is 14.0. The Morgan fingerprint density at radius 3 is 2.74 bits per heavy atom. The second kappa shape index (κ2) is 5.60. The van der Waals surface area contributed by atoms with E-state index in [0.29, 0.717) is 25.1 Å². The summed E-state index contributed by atoms with van der Waals surface area (Å²) >= 11 is 3.36. The van der Waals surface area contributed by atoms with E-state index in [1.165, 1.54) is 0 Å². The van der Waals surface area contributed by atoms with E-state index in [1.54, 1.807) is 11.0 Å². The lowest BCUT2D eigenvalue weighted by molar-refractivity contribution is 0.0776. The highest BCUT2D eigenvalue weighted by Crippen LogP contribution is 2.26. The molecule has 0 fully saturated rings. The van der Waals surface area contributed by atoms with E-state index in [4.69, 9.17) is 0 Å². The van der Waals surface area contributed by atoms with Crippen LogP contribution in [0.15, 0.2) is 22.7 Å². The number of hydrogen-bond acceptors (Lipinski definition) is 4. The molecule has 0 N–H and O–H groups in total. The van der Waals surface area contributed by atoms with Gasteiger partial charge in [0.15, 0.2) is 0 Å². The van der Waals surface area contributed by atoms with Gasteiger partial charge in [0.25, 0.3) is 5.91 Å². The van der Waals surface area contributed by atoms with Crippen molar-refractivity contribution in [1.82, 2.24) is 4.90 Å². The van der Waals surface area contributed by atoms with E-state index in [1.807, 2.05) is 12.1 Å². The van der Waals surface area contributed by atoms with E-state index in [2.05, 4.69) is 15.9 Å². The van der Waals surface area contributed by atoms with E-state index in [-0.39, 0.29) is 18.1 Å². The van der Waals surface area contributed by atoms with Gasteiger partial charge in [0.05, 0.1) is 10.1 Å². The monoisotopic (exact) mass is 346 g/mol. The normalized spacial score (nSPS) is 14.8. The highest BCUT2D eigenvalue weighted by molar-refractivity contribution is 9.10. The number of carbonyl (C=O) groups excluding carboxylic acids is 1. The summed E-state index contributed by atoms with van der Waals surface area (Å²) in [6.45, 7) is 1.01. The Bertz CT molecular complexity index is 600. The predicted octanol–water partition coefficient (Wildman–Crippen LogP) is 1.73. The number of rotatable bonds is 5. The molecule has 1 amide bonds. The molecule has 7 heteroatoms. The molecule has 19 heavy (non-hydrogen) atoms. The molecule has 0 unspecified atom stereocenters. The average molecular weight is 347 g/mol. The second-order valence-corrected chi connectivity index (χ2v) is 6.94. The fourth-order valence-electron chi connectivity index (χ4n) is 2.11.